The molecule has 0 unspecified atom stereocenters. The molecule has 0 aliphatic carbocycles. The number of nitrogens with one attached hydrogen (secondary N) is 1. The van der Waals surface area contributed by atoms with Gasteiger partial charge in [-0.15, -0.1) is 0 Å². The number of morpholine rings is 1. The van der Waals surface area contributed by atoms with Crippen molar-refractivity contribution in [1.82, 2.24) is 14.3 Å². The normalized spacial score (nSPS) is 19.3. The number of ether oxygens (including phenoxy) is 1. The first kappa shape index (κ1) is 16.8. The zero-order valence-electron chi connectivity index (χ0n) is 13.3. The molecule has 128 valence electrons. The van der Waals surface area contributed by atoms with E-state index >= 15 is 0 Å². The number of H-pyrrole nitrogens is 1. The summed E-state index contributed by atoms with van der Waals surface area (Å²) in [6, 6.07) is 10.4. The smallest absolute Gasteiger partial charge is 0.251 e. The number of hydrogen-bond donors (Lipinski definition) is 1. The van der Waals surface area contributed by atoms with E-state index in [0.29, 0.717) is 18.1 Å². The molecular formula is C16H19N3O4S. The van der Waals surface area contributed by atoms with Crippen LogP contribution in [0.1, 0.15) is 23.2 Å². The predicted octanol–water partition coefficient (Wildman–Crippen LogP) is 0.982. The van der Waals surface area contributed by atoms with Crippen LogP contribution < -0.4 is 5.56 Å². The molecule has 1 saturated heterocycles. The fourth-order valence-electron chi connectivity index (χ4n) is 2.70. The largest absolute Gasteiger partial charge is 0.369 e. The van der Waals surface area contributed by atoms with Crippen LogP contribution in [0.25, 0.3) is 0 Å². The lowest BCUT2D eigenvalue weighted by molar-refractivity contribution is -0.00520. The SMILES string of the molecule is Cc1nc([C@H]2CN(S(=O)(=O)Cc3ccccc3)CCO2)cc(=O)[nH]1. The van der Waals surface area contributed by atoms with Gasteiger partial charge in [0.2, 0.25) is 10.0 Å². The van der Waals surface area contributed by atoms with Crippen LogP contribution in [-0.4, -0.2) is 42.4 Å². The van der Waals surface area contributed by atoms with Gasteiger partial charge in [-0.25, -0.2) is 13.4 Å². The Morgan fingerprint density at radius 2 is 2.08 bits per heavy atom. The molecule has 0 spiro atoms. The van der Waals surface area contributed by atoms with Gasteiger partial charge in [0.25, 0.3) is 5.56 Å². The highest BCUT2D eigenvalue weighted by Gasteiger charge is 2.31. The highest BCUT2D eigenvalue weighted by Crippen LogP contribution is 2.23. The Morgan fingerprint density at radius 1 is 1.33 bits per heavy atom. The third-order valence-electron chi connectivity index (χ3n) is 3.82. The Labute approximate surface area is 140 Å². The number of benzene rings is 1. The molecule has 0 amide bonds. The van der Waals surface area contributed by atoms with Crippen LogP contribution in [0, 0.1) is 6.92 Å². The summed E-state index contributed by atoms with van der Waals surface area (Å²) in [4.78, 5) is 18.4. The summed E-state index contributed by atoms with van der Waals surface area (Å²) in [5, 5.41) is 0. The highest BCUT2D eigenvalue weighted by molar-refractivity contribution is 7.88. The second-order valence-corrected chi connectivity index (χ2v) is 7.68. The molecular weight excluding hydrogens is 330 g/mol. The first-order valence-electron chi connectivity index (χ1n) is 7.65. The van der Waals surface area contributed by atoms with Crippen molar-refractivity contribution in [3.63, 3.8) is 0 Å². The molecule has 1 aliphatic rings. The van der Waals surface area contributed by atoms with Gasteiger partial charge in [-0.2, -0.15) is 4.31 Å². The Kier molecular flexibility index (Phi) is 4.79. The van der Waals surface area contributed by atoms with Crippen LogP contribution in [0.5, 0.6) is 0 Å². The molecule has 1 N–H and O–H groups in total. The van der Waals surface area contributed by atoms with Gasteiger partial charge in [-0.1, -0.05) is 30.3 Å². The van der Waals surface area contributed by atoms with Crippen molar-refractivity contribution in [3.05, 3.63) is 63.8 Å². The molecule has 2 aromatic rings. The summed E-state index contributed by atoms with van der Waals surface area (Å²) < 4.78 is 32.3. The molecule has 2 heterocycles. The molecule has 1 aromatic heterocycles. The molecule has 0 saturated carbocycles. The van der Waals surface area contributed by atoms with Crippen LogP contribution >= 0.6 is 0 Å². The second kappa shape index (κ2) is 6.84. The molecule has 7 nitrogen and oxygen atoms in total. The minimum Gasteiger partial charge on any atom is -0.369 e. The number of hydrogen-bond acceptors (Lipinski definition) is 5. The van der Waals surface area contributed by atoms with Crippen molar-refractivity contribution in [2.75, 3.05) is 19.7 Å². The van der Waals surface area contributed by atoms with Crippen LogP contribution in [0.3, 0.4) is 0 Å². The monoisotopic (exact) mass is 349 g/mol. The number of nitrogens with zero attached hydrogens (tertiary/aromatic N) is 2. The lowest BCUT2D eigenvalue weighted by Gasteiger charge is -2.31. The van der Waals surface area contributed by atoms with Crippen molar-refractivity contribution < 1.29 is 13.2 Å². The number of aryl methyl sites for hydroxylation is 1. The molecule has 0 radical (unpaired) electrons. The fraction of sp³-hybridized carbons (Fsp3) is 0.375. The number of aromatic amines is 1. The maximum absolute atomic E-state index is 12.6. The van der Waals surface area contributed by atoms with Gasteiger partial charge in [0, 0.05) is 19.2 Å². The molecule has 1 fully saturated rings. The average molecular weight is 349 g/mol. The third-order valence-corrected chi connectivity index (χ3v) is 5.64. The maximum atomic E-state index is 12.6. The van der Waals surface area contributed by atoms with Crippen LogP contribution in [0.4, 0.5) is 0 Å². The van der Waals surface area contributed by atoms with E-state index in [2.05, 4.69) is 9.97 Å². The van der Waals surface area contributed by atoms with E-state index in [4.69, 9.17) is 4.74 Å². The zero-order valence-corrected chi connectivity index (χ0v) is 14.1. The Morgan fingerprint density at radius 3 is 2.79 bits per heavy atom. The van der Waals surface area contributed by atoms with Gasteiger partial charge in [0.05, 0.1) is 18.1 Å². The Hall–Kier alpha value is -2.03. The van der Waals surface area contributed by atoms with E-state index in [1.807, 2.05) is 18.2 Å². The standard InChI is InChI=1S/C16H19N3O4S/c1-12-17-14(9-16(20)18-12)15-10-19(7-8-23-15)24(21,22)11-13-5-3-2-4-6-13/h2-6,9,15H,7-8,10-11H2,1H3,(H,17,18,20)/t15-/m1/s1. The van der Waals surface area contributed by atoms with Gasteiger partial charge in [-0.05, 0) is 12.5 Å². The molecule has 3 rings (SSSR count). The molecule has 0 bridgehead atoms. The third kappa shape index (κ3) is 3.89. The van der Waals surface area contributed by atoms with Gasteiger partial charge in [0.15, 0.2) is 0 Å². The molecule has 8 heteroatoms. The van der Waals surface area contributed by atoms with E-state index in [-0.39, 0.29) is 24.5 Å². The first-order valence-corrected chi connectivity index (χ1v) is 9.26. The maximum Gasteiger partial charge on any atom is 0.251 e. The average Bonchev–Trinajstić information content (AvgIpc) is 2.55. The number of aromatic nitrogens is 2. The predicted molar refractivity (Wildman–Crippen MR) is 88.9 cm³/mol. The Bertz CT molecular complexity index is 864. The summed E-state index contributed by atoms with van der Waals surface area (Å²) in [7, 11) is -3.46. The lowest BCUT2D eigenvalue weighted by atomic mass is 10.2. The number of sulfonamides is 1. The molecule has 1 aromatic carbocycles. The summed E-state index contributed by atoms with van der Waals surface area (Å²) in [5.74, 6) is 0.424. The molecule has 1 atom stereocenters. The number of rotatable bonds is 4. The van der Waals surface area contributed by atoms with Crippen molar-refractivity contribution in [3.8, 4) is 0 Å². The van der Waals surface area contributed by atoms with E-state index < -0.39 is 16.1 Å². The highest BCUT2D eigenvalue weighted by atomic mass is 32.2. The Balaban J connectivity index is 1.78. The quantitative estimate of drug-likeness (QED) is 0.888. The summed E-state index contributed by atoms with van der Waals surface area (Å²) in [6.45, 7) is 2.41. The van der Waals surface area contributed by atoms with Gasteiger partial charge >= 0.3 is 0 Å². The van der Waals surface area contributed by atoms with Crippen molar-refractivity contribution in [2.45, 2.75) is 18.8 Å². The summed E-state index contributed by atoms with van der Waals surface area (Å²) >= 11 is 0. The van der Waals surface area contributed by atoms with Crippen molar-refractivity contribution in [1.29, 1.82) is 0 Å². The first-order chi connectivity index (χ1) is 11.4. The van der Waals surface area contributed by atoms with E-state index in [1.54, 1.807) is 19.1 Å². The topological polar surface area (TPSA) is 92.4 Å². The van der Waals surface area contributed by atoms with E-state index in [9.17, 15) is 13.2 Å². The van der Waals surface area contributed by atoms with Crippen LogP contribution in [0.15, 0.2) is 41.2 Å². The van der Waals surface area contributed by atoms with Crippen molar-refractivity contribution in [2.24, 2.45) is 0 Å². The minimum absolute atomic E-state index is 0.0532. The van der Waals surface area contributed by atoms with Gasteiger partial charge in [0.1, 0.15) is 11.9 Å². The van der Waals surface area contributed by atoms with E-state index in [1.165, 1.54) is 10.4 Å². The minimum atomic E-state index is -3.46. The fourth-order valence-corrected chi connectivity index (χ4v) is 4.21. The second-order valence-electron chi connectivity index (χ2n) is 5.71. The van der Waals surface area contributed by atoms with Crippen molar-refractivity contribution >= 4 is 10.0 Å². The lowest BCUT2D eigenvalue weighted by Crippen LogP contribution is -2.43. The van der Waals surface area contributed by atoms with Crippen LogP contribution in [-0.2, 0) is 20.5 Å². The van der Waals surface area contributed by atoms with Gasteiger partial charge < -0.3 is 9.72 Å². The molecule has 1 aliphatic heterocycles. The van der Waals surface area contributed by atoms with Crippen LogP contribution in [0.2, 0.25) is 0 Å². The summed E-state index contributed by atoms with van der Waals surface area (Å²) in [5.41, 5.74) is 0.923. The van der Waals surface area contributed by atoms with E-state index in [0.717, 1.165) is 5.56 Å². The van der Waals surface area contributed by atoms with Gasteiger partial charge in [-0.3, -0.25) is 4.79 Å². The molecule has 24 heavy (non-hydrogen) atoms. The zero-order chi connectivity index (χ0) is 17.2. The summed E-state index contributed by atoms with van der Waals surface area (Å²) in [6.07, 6.45) is -0.537.